The number of terminal acetylenes is 1. The van der Waals surface area contributed by atoms with Crippen molar-refractivity contribution in [3.63, 3.8) is 0 Å². The first kappa shape index (κ1) is 31.2. The molecule has 1 aliphatic rings. The zero-order valence-electron chi connectivity index (χ0n) is 23.2. The molecule has 0 amide bonds. The summed E-state index contributed by atoms with van der Waals surface area (Å²) in [7, 11) is 0. The van der Waals surface area contributed by atoms with Crippen LogP contribution in [-0.4, -0.2) is 74.1 Å². The van der Waals surface area contributed by atoms with Crippen LogP contribution < -0.4 is 0 Å². The molecule has 0 N–H and O–H groups in total. The third kappa shape index (κ3) is 6.19. The first-order chi connectivity index (χ1) is 19.9. The third-order valence-corrected chi connectivity index (χ3v) is 7.00. The lowest BCUT2D eigenvalue weighted by atomic mass is 9.91. The Hall–Kier alpha value is -3.76. The summed E-state index contributed by atoms with van der Waals surface area (Å²) < 4.78 is 30.5. The maximum absolute atomic E-state index is 13.1. The van der Waals surface area contributed by atoms with Gasteiger partial charge in [-0.2, -0.15) is 4.98 Å². The summed E-state index contributed by atoms with van der Waals surface area (Å²) in [6.45, 7) is 5.29. The van der Waals surface area contributed by atoms with Gasteiger partial charge in [-0.05, 0) is 31.0 Å². The molecule has 14 heteroatoms. The van der Waals surface area contributed by atoms with Crippen LogP contribution in [0, 0.1) is 12.3 Å². The van der Waals surface area contributed by atoms with E-state index in [-0.39, 0.29) is 41.2 Å². The molecule has 3 aromatic rings. The zero-order valence-corrected chi connectivity index (χ0v) is 24.7. The minimum absolute atomic E-state index is 0.0278. The van der Waals surface area contributed by atoms with Gasteiger partial charge in [0.25, 0.3) is 0 Å². The number of fused-ring (bicyclic) bond motifs is 1. The van der Waals surface area contributed by atoms with Crippen molar-refractivity contribution in [1.82, 2.24) is 19.5 Å². The van der Waals surface area contributed by atoms with Gasteiger partial charge in [-0.25, -0.2) is 14.8 Å². The molecule has 12 nitrogen and oxygen atoms in total. The summed E-state index contributed by atoms with van der Waals surface area (Å²) in [6, 6.07) is 9.19. The molecule has 1 aliphatic heterocycles. The van der Waals surface area contributed by atoms with Crippen LogP contribution in [0.5, 0.6) is 0 Å². The standard InChI is InChI=1S/C28H28Cl2N4O8/c1-6-28(42-17(4)36)19(14-39-27(5,25(37)38-7-2)13-18-11-9-8-10-12-18)41-24(21(28)40-16(3)35)34-15-31-20-22(29)32-26(30)33-23(20)34/h1,8-12,15,19,21,24H,7,13-14H2,2-5H3/t19-,21+,24-,27?,28-/m1/s1. The van der Waals surface area contributed by atoms with Crippen molar-refractivity contribution >= 4 is 52.3 Å². The van der Waals surface area contributed by atoms with Gasteiger partial charge in [-0.1, -0.05) is 47.9 Å². The fraction of sp³-hybridized carbons (Fsp3) is 0.429. The van der Waals surface area contributed by atoms with E-state index in [2.05, 4.69) is 20.9 Å². The van der Waals surface area contributed by atoms with Gasteiger partial charge in [-0.3, -0.25) is 14.2 Å². The second-order valence-corrected chi connectivity index (χ2v) is 10.3. The highest BCUT2D eigenvalue weighted by Crippen LogP contribution is 2.44. The fourth-order valence-electron chi connectivity index (χ4n) is 4.76. The lowest BCUT2D eigenvalue weighted by Gasteiger charge is -2.34. The van der Waals surface area contributed by atoms with Crippen LogP contribution >= 0.6 is 23.2 Å². The van der Waals surface area contributed by atoms with Gasteiger partial charge in [0.05, 0.1) is 19.5 Å². The summed E-state index contributed by atoms with van der Waals surface area (Å²) in [5, 5.41) is -0.203. The Morgan fingerprint density at radius 2 is 1.88 bits per heavy atom. The number of hydrogen-bond acceptors (Lipinski definition) is 11. The van der Waals surface area contributed by atoms with Crippen LogP contribution in [0.4, 0.5) is 0 Å². The molecule has 42 heavy (non-hydrogen) atoms. The number of nitrogens with zero attached hydrogens (tertiary/aromatic N) is 4. The van der Waals surface area contributed by atoms with Gasteiger partial charge in [-0.15, -0.1) is 6.42 Å². The molecule has 1 saturated heterocycles. The van der Waals surface area contributed by atoms with E-state index in [9.17, 15) is 14.4 Å². The number of carbonyl (C=O) groups is 3. The number of aromatic nitrogens is 4. The number of ether oxygens (including phenoxy) is 5. The van der Waals surface area contributed by atoms with Crippen molar-refractivity contribution in [2.45, 2.75) is 63.8 Å². The summed E-state index contributed by atoms with van der Waals surface area (Å²) in [5.74, 6) is 0.317. The van der Waals surface area contributed by atoms with E-state index in [0.717, 1.165) is 19.4 Å². The van der Waals surface area contributed by atoms with E-state index in [1.165, 1.54) is 10.9 Å². The minimum Gasteiger partial charge on any atom is -0.464 e. The average molecular weight is 619 g/mol. The smallest absolute Gasteiger partial charge is 0.338 e. The van der Waals surface area contributed by atoms with Crippen molar-refractivity contribution in [3.05, 3.63) is 52.7 Å². The predicted octanol–water partition coefficient (Wildman–Crippen LogP) is 3.48. The molecule has 222 valence electrons. The van der Waals surface area contributed by atoms with Gasteiger partial charge < -0.3 is 23.7 Å². The van der Waals surface area contributed by atoms with Crippen LogP contribution in [-0.2, 0) is 44.5 Å². The van der Waals surface area contributed by atoms with Gasteiger partial charge >= 0.3 is 17.9 Å². The van der Waals surface area contributed by atoms with Crippen molar-refractivity contribution < 1.29 is 38.1 Å². The number of benzene rings is 1. The van der Waals surface area contributed by atoms with Crippen molar-refractivity contribution in [2.24, 2.45) is 0 Å². The second kappa shape index (κ2) is 12.6. The van der Waals surface area contributed by atoms with Crippen molar-refractivity contribution in [1.29, 1.82) is 0 Å². The first-order valence-corrected chi connectivity index (χ1v) is 13.6. The Bertz CT molecular complexity index is 1530. The van der Waals surface area contributed by atoms with Crippen LogP contribution in [0.2, 0.25) is 10.4 Å². The number of imidazole rings is 1. The van der Waals surface area contributed by atoms with E-state index >= 15 is 0 Å². The molecule has 1 fully saturated rings. The second-order valence-electron chi connectivity index (χ2n) is 9.61. The molecule has 5 atom stereocenters. The first-order valence-electron chi connectivity index (χ1n) is 12.8. The number of halogens is 2. The fourth-order valence-corrected chi connectivity index (χ4v) is 5.18. The van der Waals surface area contributed by atoms with Gasteiger partial charge in [0, 0.05) is 20.3 Å². The van der Waals surface area contributed by atoms with Crippen LogP contribution in [0.15, 0.2) is 36.7 Å². The van der Waals surface area contributed by atoms with Crippen LogP contribution in [0.1, 0.15) is 39.5 Å². The Morgan fingerprint density at radius 1 is 1.17 bits per heavy atom. The molecule has 1 unspecified atom stereocenters. The Morgan fingerprint density at radius 3 is 2.50 bits per heavy atom. The SMILES string of the molecule is C#C[C@@]1(OC(C)=O)[C@@H](COC(C)(Cc2ccccc2)C(=O)OCC)O[C@@H](n2cnc3c(Cl)nc(Cl)nc32)[C@@H]1OC(C)=O. The predicted molar refractivity (Wildman–Crippen MR) is 149 cm³/mol. The van der Waals surface area contributed by atoms with Gasteiger partial charge in [0.2, 0.25) is 17.0 Å². The van der Waals surface area contributed by atoms with Crippen molar-refractivity contribution in [3.8, 4) is 12.3 Å². The summed E-state index contributed by atoms with van der Waals surface area (Å²) in [6.07, 6.45) is 3.54. The highest BCUT2D eigenvalue weighted by molar-refractivity contribution is 6.35. The molecule has 0 bridgehead atoms. The molecule has 0 saturated carbocycles. The number of esters is 3. The monoisotopic (exact) mass is 618 g/mol. The summed E-state index contributed by atoms with van der Waals surface area (Å²) >= 11 is 12.2. The maximum atomic E-state index is 13.1. The molecule has 1 aromatic carbocycles. The Kier molecular flexibility index (Phi) is 9.37. The molecule has 0 aliphatic carbocycles. The number of carbonyl (C=O) groups excluding carboxylic acids is 3. The summed E-state index contributed by atoms with van der Waals surface area (Å²) in [4.78, 5) is 50.1. The molecular formula is C28H28Cl2N4O8. The third-order valence-electron chi connectivity index (χ3n) is 6.57. The largest absolute Gasteiger partial charge is 0.464 e. The quantitative estimate of drug-likeness (QED) is 0.108. The van der Waals surface area contributed by atoms with Crippen molar-refractivity contribution in [2.75, 3.05) is 13.2 Å². The van der Waals surface area contributed by atoms with E-state index in [0.29, 0.717) is 0 Å². The topological polar surface area (TPSA) is 141 Å². The van der Waals surface area contributed by atoms with Crippen LogP contribution in [0.3, 0.4) is 0 Å². The normalized spacial score (nSPS) is 23.1. The van der Waals surface area contributed by atoms with Crippen LogP contribution in [0.25, 0.3) is 11.2 Å². The lowest BCUT2D eigenvalue weighted by molar-refractivity contribution is -0.185. The van der Waals surface area contributed by atoms with E-state index in [1.54, 1.807) is 13.8 Å². The van der Waals surface area contributed by atoms with E-state index in [1.807, 2.05) is 30.3 Å². The Balaban J connectivity index is 1.77. The molecule has 2 aromatic heterocycles. The lowest BCUT2D eigenvalue weighted by Crippen LogP contribution is -2.54. The minimum atomic E-state index is -2.00. The highest BCUT2D eigenvalue weighted by atomic mass is 35.5. The Labute approximate surface area is 251 Å². The highest BCUT2D eigenvalue weighted by Gasteiger charge is 2.62. The maximum Gasteiger partial charge on any atom is 0.338 e. The summed E-state index contributed by atoms with van der Waals surface area (Å²) in [5.41, 5.74) is -2.37. The molecule has 3 heterocycles. The molecular weight excluding hydrogens is 591 g/mol. The van der Waals surface area contributed by atoms with Gasteiger partial charge in [0.1, 0.15) is 11.6 Å². The average Bonchev–Trinajstić information content (AvgIpc) is 3.47. The zero-order chi connectivity index (χ0) is 30.7. The van der Waals surface area contributed by atoms with Gasteiger partial charge in [0.15, 0.2) is 22.6 Å². The molecule has 0 spiro atoms. The van der Waals surface area contributed by atoms with E-state index in [4.69, 9.17) is 53.3 Å². The number of hydrogen-bond donors (Lipinski definition) is 0. The number of rotatable bonds is 10. The molecule has 0 radical (unpaired) electrons. The van der Waals surface area contributed by atoms with E-state index < -0.39 is 47.5 Å². The molecule has 4 rings (SSSR count).